The Balaban J connectivity index is 2.24. The van der Waals surface area contributed by atoms with Crippen molar-refractivity contribution in [3.8, 4) is 22.9 Å². The molecule has 1 aromatic heterocycles. The van der Waals surface area contributed by atoms with E-state index in [2.05, 4.69) is 27.0 Å². The first-order valence-electron chi connectivity index (χ1n) is 6.51. The lowest BCUT2D eigenvalue weighted by atomic mass is 10.1. The molecule has 0 aliphatic carbocycles. The molecule has 0 N–H and O–H groups in total. The third-order valence-electron chi connectivity index (χ3n) is 3.37. The van der Waals surface area contributed by atoms with Gasteiger partial charge in [0.25, 0.3) is 0 Å². The molecule has 0 unspecified atom stereocenters. The summed E-state index contributed by atoms with van der Waals surface area (Å²) < 4.78 is 11.6. The fourth-order valence-electron chi connectivity index (χ4n) is 2.30. The zero-order valence-electron chi connectivity index (χ0n) is 11.8. The van der Waals surface area contributed by atoms with Gasteiger partial charge in [0.2, 0.25) is 5.88 Å². The fraction of sp³-hybridized carbons (Fsp3) is 0.118. The molecule has 3 nitrogen and oxygen atoms in total. The Kier molecular flexibility index (Phi) is 3.80. The maximum absolute atomic E-state index is 5.43. The van der Waals surface area contributed by atoms with Crippen LogP contribution in [-0.4, -0.2) is 19.2 Å². The van der Waals surface area contributed by atoms with Crippen LogP contribution in [0.25, 0.3) is 22.0 Å². The molecule has 0 fully saturated rings. The summed E-state index contributed by atoms with van der Waals surface area (Å²) in [4.78, 5) is 4.63. The van der Waals surface area contributed by atoms with E-state index >= 15 is 0 Å². The first kappa shape index (κ1) is 13.9. The smallest absolute Gasteiger partial charge is 0.221 e. The molecule has 0 atom stereocenters. The van der Waals surface area contributed by atoms with Crippen molar-refractivity contribution in [1.29, 1.82) is 0 Å². The molecule has 0 saturated heterocycles. The molecule has 0 aliphatic heterocycles. The third-order valence-corrected chi connectivity index (χ3v) is 4.17. The number of fused-ring (bicyclic) bond motifs is 1. The highest BCUT2D eigenvalue weighted by Gasteiger charge is 2.13. The van der Waals surface area contributed by atoms with Gasteiger partial charge in [-0.3, -0.25) is 0 Å². The van der Waals surface area contributed by atoms with E-state index in [-0.39, 0.29) is 0 Å². The fourth-order valence-corrected chi connectivity index (χ4v) is 2.96. The SMILES string of the molecule is COc1ccc(-c2nc(OC)c3ccccc3c2Br)cc1. The number of methoxy groups -OCH3 is 2. The summed E-state index contributed by atoms with van der Waals surface area (Å²) in [6.45, 7) is 0. The summed E-state index contributed by atoms with van der Waals surface area (Å²) in [6, 6.07) is 15.9. The van der Waals surface area contributed by atoms with Gasteiger partial charge < -0.3 is 9.47 Å². The molecule has 0 aliphatic rings. The maximum atomic E-state index is 5.43. The lowest BCUT2D eigenvalue weighted by Gasteiger charge is -2.11. The van der Waals surface area contributed by atoms with Gasteiger partial charge in [-0.2, -0.15) is 0 Å². The Morgan fingerprint density at radius 1 is 0.857 bits per heavy atom. The lowest BCUT2D eigenvalue weighted by molar-refractivity contribution is 0.404. The number of hydrogen-bond acceptors (Lipinski definition) is 3. The Bertz CT molecular complexity index is 785. The Morgan fingerprint density at radius 2 is 1.52 bits per heavy atom. The van der Waals surface area contributed by atoms with Gasteiger partial charge in [-0.15, -0.1) is 0 Å². The van der Waals surface area contributed by atoms with E-state index in [1.807, 2.05) is 42.5 Å². The zero-order chi connectivity index (χ0) is 14.8. The van der Waals surface area contributed by atoms with E-state index in [4.69, 9.17) is 9.47 Å². The maximum Gasteiger partial charge on any atom is 0.221 e. The minimum Gasteiger partial charge on any atom is -0.497 e. The minimum absolute atomic E-state index is 0.625. The Morgan fingerprint density at radius 3 is 2.14 bits per heavy atom. The van der Waals surface area contributed by atoms with Crippen molar-refractivity contribution in [2.24, 2.45) is 0 Å². The second-order valence-corrected chi connectivity index (χ2v) is 5.35. The molecule has 4 heteroatoms. The van der Waals surface area contributed by atoms with Crippen molar-refractivity contribution in [3.05, 3.63) is 53.0 Å². The number of rotatable bonds is 3. The number of pyridine rings is 1. The number of aromatic nitrogens is 1. The van der Waals surface area contributed by atoms with E-state index in [1.54, 1.807) is 14.2 Å². The summed E-state index contributed by atoms with van der Waals surface area (Å²) in [6.07, 6.45) is 0. The van der Waals surface area contributed by atoms with Crippen molar-refractivity contribution in [2.45, 2.75) is 0 Å². The van der Waals surface area contributed by atoms with Crippen LogP contribution < -0.4 is 9.47 Å². The van der Waals surface area contributed by atoms with Gasteiger partial charge in [0, 0.05) is 16.3 Å². The van der Waals surface area contributed by atoms with Crippen LogP contribution in [0.2, 0.25) is 0 Å². The van der Waals surface area contributed by atoms with Crippen molar-refractivity contribution < 1.29 is 9.47 Å². The zero-order valence-corrected chi connectivity index (χ0v) is 13.3. The summed E-state index contributed by atoms with van der Waals surface area (Å²) in [5, 5.41) is 2.07. The molecule has 0 radical (unpaired) electrons. The van der Waals surface area contributed by atoms with Crippen LogP contribution in [-0.2, 0) is 0 Å². The molecule has 106 valence electrons. The minimum atomic E-state index is 0.625. The molecule has 21 heavy (non-hydrogen) atoms. The van der Waals surface area contributed by atoms with Gasteiger partial charge in [0.1, 0.15) is 5.75 Å². The van der Waals surface area contributed by atoms with Crippen LogP contribution in [0, 0.1) is 0 Å². The van der Waals surface area contributed by atoms with Gasteiger partial charge >= 0.3 is 0 Å². The average molecular weight is 344 g/mol. The number of benzene rings is 2. The standard InChI is InChI=1S/C17H14BrNO2/c1-20-12-9-7-11(8-10-12)16-15(18)13-5-3-4-6-14(13)17(19-16)21-2/h3-10H,1-2H3. The third kappa shape index (κ3) is 2.47. The summed E-state index contributed by atoms with van der Waals surface area (Å²) in [7, 11) is 3.29. The highest BCUT2D eigenvalue weighted by Crippen LogP contribution is 2.37. The molecule has 0 bridgehead atoms. The molecular formula is C17H14BrNO2. The van der Waals surface area contributed by atoms with Gasteiger partial charge in [-0.25, -0.2) is 4.98 Å². The molecule has 0 spiro atoms. The van der Waals surface area contributed by atoms with Crippen LogP contribution in [0.1, 0.15) is 0 Å². The van der Waals surface area contributed by atoms with Crippen molar-refractivity contribution in [2.75, 3.05) is 14.2 Å². The first-order valence-corrected chi connectivity index (χ1v) is 7.30. The molecule has 1 heterocycles. The normalized spacial score (nSPS) is 10.6. The Hall–Kier alpha value is -2.07. The van der Waals surface area contributed by atoms with E-state index < -0.39 is 0 Å². The number of hydrogen-bond donors (Lipinski definition) is 0. The topological polar surface area (TPSA) is 31.4 Å². The van der Waals surface area contributed by atoms with Crippen molar-refractivity contribution >= 4 is 26.7 Å². The van der Waals surface area contributed by atoms with Crippen LogP contribution in [0.3, 0.4) is 0 Å². The first-order chi connectivity index (χ1) is 10.2. The second-order valence-electron chi connectivity index (χ2n) is 4.56. The van der Waals surface area contributed by atoms with E-state index in [1.165, 1.54) is 0 Å². The quantitative estimate of drug-likeness (QED) is 0.691. The summed E-state index contributed by atoms with van der Waals surface area (Å²) in [5.41, 5.74) is 1.86. The average Bonchev–Trinajstić information content (AvgIpc) is 2.56. The lowest BCUT2D eigenvalue weighted by Crippen LogP contribution is -1.94. The number of ether oxygens (including phenoxy) is 2. The monoisotopic (exact) mass is 343 g/mol. The molecule has 3 rings (SSSR count). The molecule has 0 saturated carbocycles. The van der Waals surface area contributed by atoms with Gasteiger partial charge in [-0.05, 0) is 46.3 Å². The summed E-state index contributed by atoms with van der Waals surface area (Å²) >= 11 is 3.67. The van der Waals surface area contributed by atoms with Crippen molar-refractivity contribution in [1.82, 2.24) is 4.98 Å². The number of nitrogens with zero attached hydrogens (tertiary/aromatic N) is 1. The van der Waals surface area contributed by atoms with E-state index in [9.17, 15) is 0 Å². The highest BCUT2D eigenvalue weighted by atomic mass is 79.9. The molecular weight excluding hydrogens is 330 g/mol. The summed E-state index contributed by atoms with van der Waals surface area (Å²) in [5.74, 6) is 1.45. The van der Waals surface area contributed by atoms with Gasteiger partial charge in [0.05, 0.1) is 24.4 Å². The largest absolute Gasteiger partial charge is 0.497 e. The predicted molar refractivity (Wildman–Crippen MR) is 88.0 cm³/mol. The van der Waals surface area contributed by atoms with Crippen LogP contribution in [0.5, 0.6) is 11.6 Å². The van der Waals surface area contributed by atoms with Gasteiger partial charge in [-0.1, -0.05) is 18.2 Å². The molecule has 2 aromatic carbocycles. The van der Waals surface area contributed by atoms with Crippen LogP contribution in [0.15, 0.2) is 53.0 Å². The molecule has 0 amide bonds. The second kappa shape index (κ2) is 5.74. The van der Waals surface area contributed by atoms with E-state index in [0.29, 0.717) is 5.88 Å². The van der Waals surface area contributed by atoms with Crippen LogP contribution in [0.4, 0.5) is 0 Å². The molecule has 3 aromatic rings. The Labute approximate surface area is 131 Å². The van der Waals surface area contributed by atoms with E-state index in [0.717, 1.165) is 32.3 Å². The predicted octanol–water partition coefficient (Wildman–Crippen LogP) is 4.68. The van der Waals surface area contributed by atoms with Gasteiger partial charge in [0.15, 0.2) is 0 Å². The highest BCUT2D eigenvalue weighted by molar-refractivity contribution is 9.10. The van der Waals surface area contributed by atoms with Crippen LogP contribution >= 0.6 is 15.9 Å². The number of halogens is 1. The van der Waals surface area contributed by atoms with Crippen molar-refractivity contribution in [3.63, 3.8) is 0 Å².